The van der Waals surface area contributed by atoms with E-state index in [-0.39, 0.29) is 0 Å². The van der Waals surface area contributed by atoms with Gasteiger partial charge in [0.15, 0.2) is 0 Å². The SMILES string of the molecule is C#CCCCCCC.C#CCCCCCC. The van der Waals surface area contributed by atoms with Crippen LogP contribution >= 0.6 is 0 Å². The highest BCUT2D eigenvalue weighted by atomic mass is 13.9. The predicted octanol–water partition coefficient (Wildman–Crippen LogP) is 5.18. The first kappa shape index (κ1) is 17.5. The Labute approximate surface area is 103 Å². The van der Waals surface area contributed by atoms with E-state index in [9.17, 15) is 0 Å². The van der Waals surface area contributed by atoms with Gasteiger partial charge in [0.25, 0.3) is 0 Å². The maximum atomic E-state index is 5.06. The second-order valence-electron chi connectivity index (χ2n) is 4.03. The van der Waals surface area contributed by atoms with E-state index in [2.05, 4.69) is 25.7 Å². The molecule has 0 aliphatic heterocycles. The van der Waals surface area contributed by atoms with Gasteiger partial charge in [-0.3, -0.25) is 0 Å². The fraction of sp³-hybridized carbons (Fsp3) is 0.750. The Balaban J connectivity index is 0. The van der Waals surface area contributed by atoms with Crippen molar-refractivity contribution in [3.05, 3.63) is 0 Å². The summed E-state index contributed by atoms with van der Waals surface area (Å²) >= 11 is 0. The first-order chi connectivity index (χ1) is 7.83. The van der Waals surface area contributed by atoms with Crippen LogP contribution in [0.25, 0.3) is 0 Å². The molecule has 0 radical (unpaired) electrons. The molecule has 0 unspecified atom stereocenters. The summed E-state index contributed by atoms with van der Waals surface area (Å²) in [6.45, 7) is 4.41. The lowest BCUT2D eigenvalue weighted by atomic mass is 10.2. The molecular formula is C16H28. The van der Waals surface area contributed by atoms with E-state index in [0.717, 1.165) is 12.8 Å². The van der Waals surface area contributed by atoms with E-state index in [1.807, 2.05) is 0 Å². The monoisotopic (exact) mass is 220 g/mol. The first-order valence-electron chi connectivity index (χ1n) is 6.70. The second kappa shape index (κ2) is 19.7. The molecule has 0 spiro atoms. The Bertz CT molecular complexity index is 155. The smallest absolute Gasteiger partial charge is 0.00860 e. The lowest BCUT2D eigenvalue weighted by Gasteiger charge is -1.90. The molecular weight excluding hydrogens is 192 g/mol. The van der Waals surface area contributed by atoms with Crippen molar-refractivity contribution in [2.45, 2.75) is 78.1 Å². The van der Waals surface area contributed by atoms with Crippen molar-refractivity contribution in [1.29, 1.82) is 0 Å². The van der Waals surface area contributed by atoms with Crippen LogP contribution < -0.4 is 0 Å². The summed E-state index contributed by atoms with van der Waals surface area (Å²) in [7, 11) is 0. The molecule has 92 valence electrons. The average molecular weight is 220 g/mol. The Hall–Kier alpha value is -0.880. The van der Waals surface area contributed by atoms with Crippen molar-refractivity contribution in [2.75, 3.05) is 0 Å². The molecule has 0 aliphatic carbocycles. The van der Waals surface area contributed by atoms with E-state index in [4.69, 9.17) is 12.8 Å². The summed E-state index contributed by atoms with van der Waals surface area (Å²) in [6.07, 6.45) is 22.3. The molecule has 0 bridgehead atoms. The lowest BCUT2D eigenvalue weighted by Crippen LogP contribution is -1.72. The molecule has 0 aromatic heterocycles. The van der Waals surface area contributed by atoms with E-state index in [0.29, 0.717) is 0 Å². The molecule has 0 saturated heterocycles. The van der Waals surface area contributed by atoms with E-state index >= 15 is 0 Å². The number of rotatable bonds is 8. The predicted molar refractivity (Wildman–Crippen MR) is 75.2 cm³/mol. The topological polar surface area (TPSA) is 0 Å². The van der Waals surface area contributed by atoms with Crippen LogP contribution in [0.4, 0.5) is 0 Å². The number of hydrogen-bond donors (Lipinski definition) is 0. The molecule has 0 saturated carbocycles. The van der Waals surface area contributed by atoms with Gasteiger partial charge in [-0.2, -0.15) is 0 Å². The molecule has 0 aromatic rings. The molecule has 0 nitrogen and oxygen atoms in total. The highest BCUT2D eigenvalue weighted by Gasteiger charge is 1.82. The fourth-order valence-electron chi connectivity index (χ4n) is 1.31. The summed E-state index contributed by atoms with van der Waals surface area (Å²) < 4.78 is 0. The highest BCUT2D eigenvalue weighted by molar-refractivity contribution is 4.83. The van der Waals surface area contributed by atoms with Crippen LogP contribution in [0.5, 0.6) is 0 Å². The average Bonchev–Trinajstić information content (AvgIpc) is 2.31. The second-order valence-corrected chi connectivity index (χ2v) is 4.03. The van der Waals surface area contributed by atoms with E-state index in [1.54, 1.807) is 0 Å². The Kier molecular flexibility index (Phi) is 21.5. The maximum Gasteiger partial charge on any atom is 0.00860 e. The van der Waals surface area contributed by atoms with Gasteiger partial charge in [0.05, 0.1) is 0 Å². The molecule has 0 N–H and O–H groups in total. The van der Waals surface area contributed by atoms with Crippen LogP contribution in [0.3, 0.4) is 0 Å². The van der Waals surface area contributed by atoms with Gasteiger partial charge in [0.2, 0.25) is 0 Å². The molecule has 0 heterocycles. The third kappa shape index (κ3) is 23.2. The minimum absolute atomic E-state index is 0.958. The van der Waals surface area contributed by atoms with E-state index < -0.39 is 0 Å². The summed E-state index contributed by atoms with van der Waals surface area (Å²) in [5, 5.41) is 0. The quantitative estimate of drug-likeness (QED) is 0.390. The van der Waals surface area contributed by atoms with Crippen LogP contribution in [0.15, 0.2) is 0 Å². The number of unbranched alkanes of at least 4 members (excludes halogenated alkanes) is 8. The number of terminal acetylenes is 2. The molecule has 16 heavy (non-hydrogen) atoms. The first-order valence-corrected chi connectivity index (χ1v) is 6.70. The summed E-state index contributed by atoms with van der Waals surface area (Å²) in [6, 6.07) is 0. The minimum atomic E-state index is 0.958. The van der Waals surface area contributed by atoms with Gasteiger partial charge in [-0.15, -0.1) is 24.7 Å². The van der Waals surface area contributed by atoms with Gasteiger partial charge in [-0.25, -0.2) is 0 Å². The van der Waals surface area contributed by atoms with Gasteiger partial charge >= 0.3 is 0 Å². The van der Waals surface area contributed by atoms with Crippen molar-refractivity contribution in [1.82, 2.24) is 0 Å². The van der Waals surface area contributed by atoms with Crippen LogP contribution in [0, 0.1) is 24.7 Å². The largest absolute Gasteiger partial charge is 0.120 e. The third-order valence-corrected chi connectivity index (χ3v) is 2.35. The zero-order chi connectivity index (χ0) is 12.5. The van der Waals surface area contributed by atoms with Crippen molar-refractivity contribution < 1.29 is 0 Å². The Morgan fingerprint density at radius 1 is 0.625 bits per heavy atom. The van der Waals surface area contributed by atoms with Gasteiger partial charge in [-0.1, -0.05) is 52.4 Å². The molecule has 0 amide bonds. The molecule has 0 aromatic carbocycles. The van der Waals surface area contributed by atoms with Crippen molar-refractivity contribution >= 4 is 0 Å². The molecule has 0 heteroatoms. The summed E-state index contributed by atoms with van der Waals surface area (Å²) in [5.74, 6) is 5.25. The van der Waals surface area contributed by atoms with Crippen LogP contribution in [-0.2, 0) is 0 Å². The molecule has 0 rings (SSSR count). The fourth-order valence-corrected chi connectivity index (χ4v) is 1.31. The molecule has 0 atom stereocenters. The summed E-state index contributed by atoms with van der Waals surface area (Å²) in [4.78, 5) is 0. The highest BCUT2D eigenvalue weighted by Crippen LogP contribution is 2.00. The minimum Gasteiger partial charge on any atom is -0.120 e. The third-order valence-electron chi connectivity index (χ3n) is 2.35. The van der Waals surface area contributed by atoms with Crippen molar-refractivity contribution in [2.24, 2.45) is 0 Å². The Morgan fingerprint density at radius 2 is 1.00 bits per heavy atom. The lowest BCUT2D eigenvalue weighted by molar-refractivity contribution is 0.680. The van der Waals surface area contributed by atoms with Gasteiger partial charge in [0.1, 0.15) is 0 Å². The van der Waals surface area contributed by atoms with Crippen LogP contribution in [0.2, 0.25) is 0 Å². The van der Waals surface area contributed by atoms with E-state index in [1.165, 1.54) is 51.4 Å². The standard InChI is InChI=1S/2C8H14/c2*1-3-5-7-8-6-4-2/h2*1H,4-8H2,2H3. The normalized spacial score (nSPS) is 8.50. The summed E-state index contributed by atoms with van der Waals surface area (Å²) in [5.41, 5.74) is 0. The zero-order valence-corrected chi connectivity index (χ0v) is 11.2. The Morgan fingerprint density at radius 3 is 1.25 bits per heavy atom. The van der Waals surface area contributed by atoms with Crippen molar-refractivity contribution in [3.63, 3.8) is 0 Å². The maximum absolute atomic E-state index is 5.06. The number of hydrogen-bond acceptors (Lipinski definition) is 0. The molecule has 0 aliphatic rings. The van der Waals surface area contributed by atoms with Gasteiger partial charge in [0, 0.05) is 12.8 Å². The van der Waals surface area contributed by atoms with Crippen LogP contribution in [-0.4, -0.2) is 0 Å². The van der Waals surface area contributed by atoms with Crippen molar-refractivity contribution in [3.8, 4) is 24.7 Å². The molecule has 0 fully saturated rings. The zero-order valence-electron chi connectivity index (χ0n) is 11.2. The van der Waals surface area contributed by atoms with Gasteiger partial charge in [-0.05, 0) is 12.8 Å². The van der Waals surface area contributed by atoms with Gasteiger partial charge < -0.3 is 0 Å². The van der Waals surface area contributed by atoms with Crippen LogP contribution in [0.1, 0.15) is 78.1 Å².